The maximum atomic E-state index is 13.2. The molecule has 6 rings (SSSR count). The van der Waals surface area contributed by atoms with Crippen molar-refractivity contribution in [3.8, 4) is 0 Å². The normalized spacial score (nSPS) is 19.0. The molecule has 1 aliphatic heterocycles. The number of imide groups is 1. The molecule has 3 atom stereocenters. The largest absolute Gasteiger partial charge is 0.446 e. The Balaban J connectivity index is 0.892. The number of hydrogen-bond acceptors (Lipinski definition) is 8. The van der Waals surface area contributed by atoms with Gasteiger partial charge in [-0.05, 0) is 76.0 Å². The summed E-state index contributed by atoms with van der Waals surface area (Å²) in [5.74, 6) is -0.237. The Kier molecular flexibility index (Phi) is 11.6. The minimum atomic E-state index is -0.687. The van der Waals surface area contributed by atoms with E-state index in [1.807, 2.05) is 49.0 Å². The third kappa shape index (κ3) is 8.80. The van der Waals surface area contributed by atoms with E-state index >= 15 is 0 Å². The lowest BCUT2D eigenvalue weighted by Crippen LogP contribution is -2.44. The van der Waals surface area contributed by atoms with E-state index in [1.165, 1.54) is 4.57 Å². The van der Waals surface area contributed by atoms with Crippen molar-refractivity contribution >= 4 is 40.7 Å². The van der Waals surface area contributed by atoms with E-state index in [0.29, 0.717) is 18.7 Å². The Morgan fingerprint density at radius 3 is 2.67 bits per heavy atom. The summed E-state index contributed by atoms with van der Waals surface area (Å²) in [6.07, 6.45) is 12.1. The number of aromatic nitrogens is 6. The monoisotopic (exact) mass is 715 g/mol. The molecule has 1 aliphatic carbocycles. The summed E-state index contributed by atoms with van der Waals surface area (Å²) in [5.41, 5.74) is 4.14. The Hall–Kier alpha value is -5.21. The fraction of sp³-hybridized carbons (Fsp3) is 0.541. The third-order valence-corrected chi connectivity index (χ3v) is 9.96. The molecule has 4 N–H and O–H groups in total. The number of ether oxygens (including phenoxy) is 1. The van der Waals surface area contributed by atoms with Crippen LogP contribution in [-0.4, -0.2) is 65.1 Å². The van der Waals surface area contributed by atoms with Gasteiger partial charge in [0.1, 0.15) is 12.1 Å². The number of amides is 4. The molecule has 0 bridgehead atoms. The van der Waals surface area contributed by atoms with Crippen LogP contribution in [0.15, 0.2) is 41.5 Å². The summed E-state index contributed by atoms with van der Waals surface area (Å²) in [6, 6.07) is 7.03. The van der Waals surface area contributed by atoms with Crippen molar-refractivity contribution in [1.82, 2.24) is 39.7 Å². The number of anilines is 1. The van der Waals surface area contributed by atoms with E-state index in [2.05, 4.69) is 31.2 Å². The van der Waals surface area contributed by atoms with Crippen LogP contribution in [0.5, 0.6) is 0 Å². The van der Waals surface area contributed by atoms with Gasteiger partial charge >= 0.3 is 11.8 Å². The Morgan fingerprint density at radius 1 is 1.06 bits per heavy atom. The van der Waals surface area contributed by atoms with Gasteiger partial charge in [-0.15, -0.1) is 0 Å². The summed E-state index contributed by atoms with van der Waals surface area (Å²) < 4.78 is 10.6. The highest BCUT2D eigenvalue weighted by Gasteiger charge is 2.32. The number of nitrogens with one attached hydrogen (secondary N) is 4. The number of para-hydroxylation sites is 1. The van der Waals surface area contributed by atoms with Gasteiger partial charge in [0.25, 0.3) is 0 Å². The zero-order valence-corrected chi connectivity index (χ0v) is 30.2. The molecular formula is C37H49N9O6. The molecule has 2 fully saturated rings. The van der Waals surface area contributed by atoms with Gasteiger partial charge in [0, 0.05) is 49.9 Å². The van der Waals surface area contributed by atoms with Crippen LogP contribution >= 0.6 is 0 Å². The molecule has 1 aromatic carbocycles. The molecule has 278 valence electrons. The lowest BCUT2D eigenvalue weighted by atomic mass is 10.0. The van der Waals surface area contributed by atoms with Gasteiger partial charge in [-0.2, -0.15) is 10.2 Å². The molecule has 2 aliphatic rings. The highest BCUT2D eigenvalue weighted by atomic mass is 16.6. The lowest BCUT2D eigenvalue weighted by molar-refractivity contribution is -0.135. The van der Waals surface area contributed by atoms with Crippen molar-refractivity contribution in [3.05, 3.63) is 64.0 Å². The minimum Gasteiger partial charge on any atom is -0.446 e. The molecule has 3 aromatic heterocycles. The number of fused-ring (bicyclic) bond motifs is 1. The molecule has 4 heterocycles. The Morgan fingerprint density at radius 2 is 1.87 bits per heavy atom. The number of rotatable bonds is 15. The van der Waals surface area contributed by atoms with Crippen LogP contribution in [0.3, 0.4) is 0 Å². The first kappa shape index (κ1) is 36.6. The standard InChI is InChI=1S/C37H49N9O6/c1-23(2)39-36(50)52-27-14-13-26(19-27)28-20-31(43-42-28)40-33(48)18-24-21-38-45(22-24)17-8-6-4-5-7-10-25-11-9-12-29-34(25)44(3)37(51)46(29)30-15-16-32(47)41-35(30)49/h9,11-12,20-23,26-27,30H,4-8,10,13-19H2,1-3H3,(H,39,50)(H,41,47,49)(H2,40,42,43,48)/t26-,27+,30?/m0/s1. The van der Waals surface area contributed by atoms with Crippen molar-refractivity contribution < 1.29 is 23.9 Å². The summed E-state index contributed by atoms with van der Waals surface area (Å²) >= 11 is 0. The average Bonchev–Trinajstić information content (AvgIpc) is 3.89. The van der Waals surface area contributed by atoms with Gasteiger partial charge in [0.2, 0.25) is 17.7 Å². The molecule has 4 aromatic rings. The highest BCUT2D eigenvalue weighted by Crippen LogP contribution is 2.36. The van der Waals surface area contributed by atoms with Crippen LogP contribution in [0.2, 0.25) is 0 Å². The summed E-state index contributed by atoms with van der Waals surface area (Å²) in [6.45, 7) is 4.55. The van der Waals surface area contributed by atoms with E-state index in [1.54, 1.807) is 17.8 Å². The van der Waals surface area contributed by atoms with Crippen LogP contribution in [-0.2, 0) is 45.6 Å². The smallest absolute Gasteiger partial charge is 0.407 e. The number of aryl methyl sites for hydroxylation is 3. The number of carbonyl (C=O) groups is 4. The maximum absolute atomic E-state index is 13.2. The Bertz CT molecular complexity index is 1970. The van der Waals surface area contributed by atoms with Gasteiger partial charge < -0.3 is 15.4 Å². The number of H-pyrrole nitrogens is 1. The van der Waals surface area contributed by atoms with Crippen LogP contribution < -0.4 is 21.6 Å². The van der Waals surface area contributed by atoms with E-state index in [9.17, 15) is 24.0 Å². The number of benzene rings is 1. The number of piperidine rings is 1. The molecule has 4 amide bonds. The van der Waals surface area contributed by atoms with Gasteiger partial charge in [0.05, 0.1) is 23.7 Å². The number of hydrogen-bond donors (Lipinski definition) is 4. The SMILES string of the molecule is CC(C)NC(=O)O[C@@H]1CC[C@H](c2cc(NC(=O)Cc3cnn(CCCCCCCc4cccc5c4n(C)c(=O)n5C4CCC(=O)NC4=O)c3)n[nH]2)C1. The number of unbranched alkanes of at least 4 members (excludes halogenated alkanes) is 4. The summed E-state index contributed by atoms with van der Waals surface area (Å²) in [4.78, 5) is 62.0. The average molecular weight is 716 g/mol. The Labute approximate surface area is 301 Å². The van der Waals surface area contributed by atoms with E-state index < -0.39 is 18.0 Å². The summed E-state index contributed by atoms with van der Waals surface area (Å²) in [7, 11) is 1.74. The molecule has 15 nitrogen and oxygen atoms in total. The van der Waals surface area contributed by atoms with Crippen molar-refractivity contribution in [1.29, 1.82) is 0 Å². The number of aromatic amines is 1. The second-order valence-electron chi connectivity index (χ2n) is 14.4. The van der Waals surface area contributed by atoms with Crippen LogP contribution in [0.1, 0.15) is 107 Å². The number of alkyl carbamates (subject to hydrolysis) is 1. The lowest BCUT2D eigenvalue weighted by Gasteiger charge is -2.21. The number of carbonyl (C=O) groups excluding carboxylic acids is 4. The highest BCUT2D eigenvalue weighted by molar-refractivity contribution is 6.00. The third-order valence-electron chi connectivity index (χ3n) is 9.96. The van der Waals surface area contributed by atoms with E-state index in [4.69, 9.17) is 4.74 Å². The van der Waals surface area contributed by atoms with Gasteiger partial charge in [-0.3, -0.25) is 38.6 Å². The first-order valence-electron chi connectivity index (χ1n) is 18.4. The molecule has 52 heavy (non-hydrogen) atoms. The van der Waals surface area contributed by atoms with Crippen LogP contribution in [0.25, 0.3) is 11.0 Å². The first-order chi connectivity index (χ1) is 25.0. The van der Waals surface area contributed by atoms with Gasteiger partial charge in [-0.25, -0.2) is 9.59 Å². The first-order valence-corrected chi connectivity index (χ1v) is 18.4. The van der Waals surface area contributed by atoms with Crippen LogP contribution in [0.4, 0.5) is 10.6 Å². The second-order valence-corrected chi connectivity index (χ2v) is 14.4. The van der Waals surface area contributed by atoms with Crippen LogP contribution in [0, 0.1) is 0 Å². The second kappa shape index (κ2) is 16.4. The topological polar surface area (TPSA) is 187 Å². The van der Waals surface area contributed by atoms with Crippen molar-refractivity contribution in [3.63, 3.8) is 0 Å². The van der Waals surface area contributed by atoms with E-state index in [0.717, 1.165) is 85.8 Å². The molecule has 0 radical (unpaired) electrons. The predicted octanol–water partition coefficient (Wildman–Crippen LogP) is 4.38. The number of imidazole rings is 1. The van der Waals surface area contributed by atoms with Gasteiger partial charge in [-0.1, -0.05) is 31.4 Å². The fourth-order valence-electron chi connectivity index (χ4n) is 7.42. The molecule has 15 heteroatoms. The quantitative estimate of drug-likeness (QED) is 0.103. The maximum Gasteiger partial charge on any atom is 0.407 e. The predicted molar refractivity (Wildman–Crippen MR) is 194 cm³/mol. The molecular weight excluding hydrogens is 666 g/mol. The van der Waals surface area contributed by atoms with Crippen molar-refractivity contribution in [2.24, 2.45) is 7.05 Å². The zero-order valence-electron chi connectivity index (χ0n) is 30.2. The fourth-order valence-corrected chi connectivity index (χ4v) is 7.42. The molecule has 1 saturated heterocycles. The zero-order chi connectivity index (χ0) is 36.8. The summed E-state index contributed by atoms with van der Waals surface area (Å²) in [5, 5.41) is 19.7. The molecule has 1 unspecified atom stereocenters. The van der Waals surface area contributed by atoms with E-state index in [-0.39, 0.29) is 48.4 Å². The van der Waals surface area contributed by atoms with Crippen molar-refractivity contribution in [2.75, 3.05) is 5.32 Å². The molecule has 0 spiro atoms. The number of nitrogens with zero attached hydrogens (tertiary/aromatic N) is 5. The minimum absolute atomic E-state index is 0.0257. The van der Waals surface area contributed by atoms with Crippen molar-refractivity contribution in [2.45, 2.75) is 122 Å². The van der Waals surface area contributed by atoms with Gasteiger partial charge in [0.15, 0.2) is 5.82 Å². The molecule has 1 saturated carbocycles.